The molecule has 1 aromatic carbocycles. The summed E-state index contributed by atoms with van der Waals surface area (Å²) < 4.78 is 0. The molecule has 0 fully saturated rings. The highest BCUT2D eigenvalue weighted by Crippen LogP contribution is 2.28. The van der Waals surface area contributed by atoms with Gasteiger partial charge in [-0.25, -0.2) is 0 Å². The van der Waals surface area contributed by atoms with Gasteiger partial charge in [0.1, 0.15) is 6.04 Å². The zero-order valence-electron chi connectivity index (χ0n) is 7.78. The van der Waals surface area contributed by atoms with Crippen LogP contribution in [0.5, 0.6) is 0 Å². The van der Waals surface area contributed by atoms with Gasteiger partial charge in [-0.3, -0.25) is 10.1 Å². The molecule has 0 saturated heterocycles. The molecule has 1 heterocycles. The number of thioether (sulfide) groups is 1. The first-order chi connectivity index (χ1) is 6.72. The van der Waals surface area contributed by atoms with E-state index in [1.165, 1.54) is 4.90 Å². The zero-order chi connectivity index (χ0) is 10.1. The van der Waals surface area contributed by atoms with Gasteiger partial charge in [0, 0.05) is 11.4 Å². The number of hydrogen-bond acceptors (Lipinski definition) is 3. The van der Waals surface area contributed by atoms with Crippen molar-refractivity contribution in [3.05, 3.63) is 29.3 Å². The van der Waals surface area contributed by atoms with Gasteiger partial charge in [0.05, 0.1) is 0 Å². The van der Waals surface area contributed by atoms with Crippen LogP contribution in [0, 0.1) is 0 Å². The van der Waals surface area contributed by atoms with Crippen LogP contribution in [0.2, 0.25) is 0 Å². The first kappa shape index (κ1) is 9.55. The third-order valence-corrected chi connectivity index (χ3v) is 3.13. The Morgan fingerprint density at radius 2 is 2.43 bits per heavy atom. The molecule has 1 aliphatic rings. The smallest absolute Gasteiger partial charge is 0.325 e. The molecule has 1 atom stereocenters. The molecule has 0 aliphatic carbocycles. The molecule has 1 aliphatic heterocycles. The number of carbonyl (C=O) groups is 1. The van der Waals surface area contributed by atoms with E-state index in [0.29, 0.717) is 6.54 Å². The Balaban J connectivity index is 2.38. The van der Waals surface area contributed by atoms with E-state index in [1.54, 1.807) is 11.8 Å². The van der Waals surface area contributed by atoms with Crippen LogP contribution in [0.4, 0.5) is 0 Å². The van der Waals surface area contributed by atoms with Crippen LogP contribution in [-0.4, -0.2) is 17.3 Å². The number of hydrogen-bond donors (Lipinski definition) is 2. The maximum absolute atomic E-state index is 10.9. The Hall–Kier alpha value is -1.00. The van der Waals surface area contributed by atoms with E-state index >= 15 is 0 Å². The maximum atomic E-state index is 10.9. The van der Waals surface area contributed by atoms with Gasteiger partial charge >= 0.3 is 5.97 Å². The predicted octanol–water partition coefficient (Wildman–Crippen LogP) is 1.64. The molecular formula is C10H11NO2S. The van der Waals surface area contributed by atoms with E-state index in [2.05, 4.69) is 11.4 Å². The van der Waals surface area contributed by atoms with Gasteiger partial charge in [-0.2, -0.15) is 0 Å². The van der Waals surface area contributed by atoms with Crippen molar-refractivity contribution < 1.29 is 9.90 Å². The van der Waals surface area contributed by atoms with Gasteiger partial charge in [-0.05, 0) is 29.5 Å². The first-order valence-corrected chi connectivity index (χ1v) is 5.58. The molecule has 0 saturated carbocycles. The minimum atomic E-state index is -0.805. The molecule has 4 heteroatoms. The second kappa shape index (κ2) is 3.63. The van der Waals surface area contributed by atoms with Crippen LogP contribution in [-0.2, 0) is 11.3 Å². The lowest BCUT2D eigenvalue weighted by molar-refractivity contribution is -0.139. The highest BCUT2D eigenvalue weighted by Gasteiger charge is 2.27. The fraction of sp³-hybridized carbons (Fsp3) is 0.300. The second-order valence-electron chi connectivity index (χ2n) is 3.22. The monoisotopic (exact) mass is 209 g/mol. The molecule has 0 spiro atoms. The van der Waals surface area contributed by atoms with E-state index in [1.807, 2.05) is 18.4 Å². The molecule has 74 valence electrons. The van der Waals surface area contributed by atoms with Gasteiger partial charge in [0.25, 0.3) is 0 Å². The van der Waals surface area contributed by atoms with Crippen molar-refractivity contribution >= 4 is 17.7 Å². The van der Waals surface area contributed by atoms with Gasteiger partial charge in [-0.15, -0.1) is 11.8 Å². The summed E-state index contributed by atoms with van der Waals surface area (Å²) in [6.07, 6.45) is 2.01. The van der Waals surface area contributed by atoms with Crippen LogP contribution in [0.3, 0.4) is 0 Å². The zero-order valence-corrected chi connectivity index (χ0v) is 8.60. The topological polar surface area (TPSA) is 49.3 Å². The highest BCUT2D eigenvalue weighted by molar-refractivity contribution is 7.98. The van der Waals surface area contributed by atoms with Crippen molar-refractivity contribution in [2.75, 3.05) is 6.26 Å². The molecule has 0 aromatic heterocycles. The Labute approximate surface area is 86.5 Å². The molecule has 0 amide bonds. The molecule has 3 nitrogen and oxygen atoms in total. The summed E-state index contributed by atoms with van der Waals surface area (Å²) in [5, 5.41) is 11.9. The number of rotatable bonds is 2. The van der Waals surface area contributed by atoms with Gasteiger partial charge in [0.2, 0.25) is 0 Å². The van der Waals surface area contributed by atoms with Crippen molar-refractivity contribution in [2.24, 2.45) is 0 Å². The summed E-state index contributed by atoms with van der Waals surface area (Å²) in [5.41, 5.74) is 2.00. The average molecular weight is 209 g/mol. The fourth-order valence-electron chi connectivity index (χ4n) is 1.69. The molecule has 2 N–H and O–H groups in total. The number of fused-ring (bicyclic) bond motifs is 1. The summed E-state index contributed by atoms with van der Waals surface area (Å²) in [5.74, 6) is -0.805. The number of aliphatic carboxylic acids is 1. The minimum absolute atomic E-state index is 0.527. The average Bonchev–Trinajstić information content (AvgIpc) is 2.59. The predicted molar refractivity (Wildman–Crippen MR) is 55.4 cm³/mol. The Morgan fingerprint density at radius 3 is 3.07 bits per heavy atom. The van der Waals surface area contributed by atoms with E-state index in [4.69, 9.17) is 5.11 Å². The van der Waals surface area contributed by atoms with Crippen LogP contribution in [0.1, 0.15) is 17.2 Å². The lowest BCUT2D eigenvalue weighted by atomic mass is 10.1. The molecule has 14 heavy (non-hydrogen) atoms. The van der Waals surface area contributed by atoms with Crippen LogP contribution >= 0.6 is 11.8 Å². The fourth-order valence-corrected chi connectivity index (χ4v) is 2.15. The van der Waals surface area contributed by atoms with E-state index in [-0.39, 0.29) is 0 Å². The summed E-state index contributed by atoms with van der Waals surface area (Å²) in [6.45, 7) is 0.653. The van der Waals surface area contributed by atoms with Gasteiger partial charge < -0.3 is 5.11 Å². The van der Waals surface area contributed by atoms with E-state index in [9.17, 15) is 4.79 Å². The Kier molecular flexibility index (Phi) is 2.48. The quantitative estimate of drug-likeness (QED) is 0.727. The molecule has 2 rings (SSSR count). The SMILES string of the molecule is CSc1ccc2c(c1)CNC2C(=O)O. The third-order valence-electron chi connectivity index (χ3n) is 2.40. The van der Waals surface area contributed by atoms with E-state index < -0.39 is 12.0 Å². The summed E-state index contributed by atoms with van der Waals surface area (Å²) in [4.78, 5) is 12.0. The standard InChI is InChI=1S/C10H11NO2S/c1-14-7-2-3-8-6(4-7)5-11-9(8)10(12)13/h2-4,9,11H,5H2,1H3,(H,12,13). The normalized spacial score (nSPS) is 19.4. The van der Waals surface area contributed by atoms with Crippen molar-refractivity contribution in [1.82, 2.24) is 5.32 Å². The summed E-state index contributed by atoms with van der Waals surface area (Å²) >= 11 is 1.67. The van der Waals surface area contributed by atoms with Crippen molar-refractivity contribution in [2.45, 2.75) is 17.5 Å². The molecule has 0 radical (unpaired) electrons. The number of carboxylic acid groups (broad SMARTS) is 1. The van der Waals surface area contributed by atoms with Crippen LogP contribution in [0.25, 0.3) is 0 Å². The second-order valence-corrected chi connectivity index (χ2v) is 4.10. The molecule has 1 unspecified atom stereocenters. The highest BCUT2D eigenvalue weighted by atomic mass is 32.2. The molecule has 0 bridgehead atoms. The first-order valence-electron chi connectivity index (χ1n) is 4.35. The van der Waals surface area contributed by atoms with Crippen molar-refractivity contribution in [3.63, 3.8) is 0 Å². The summed E-state index contributed by atoms with van der Waals surface area (Å²) in [7, 11) is 0. The van der Waals surface area contributed by atoms with E-state index in [0.717, 1.165) is 11.1 Å². The Bertz CT molecular complexity index is 378. The lowest BCUT2D eigenvalue weighted by Gasteiger charge is -2.05. The van der Waals surface area contributed by atoms with Crippen molar-refractivity contribution in [3.8, 4) is 0 Å². The van der Waals surface area contributed by atoms with Gasteiger partial charge in [-0.1, -0.05) is 6.07 Å². The maximum Gasteiger partial charge on any atom is 0.325 e. The number of carboxylic acids is 1. The molecule has 1 aromatic rings. The van der Waals surface area contributed by atoms with Crippen LogP contribution < -0.4 is 5.32 Å². The lowest BCUT2D eigenvalue weighted by Crippen LogP contribution is -2.21. The van der Waals surface area contributed by atoms with Crippen LogP contribution in [0.15, 0.2) is 23.1 Å². The minimum Gasteiger partial charge on any atom is -0.480 e. The number of nitrogens with one attached hydrogen (secondary N) is 1. The van der Waals surface area contributed by atoms with Gasteiger partial charge in [0.15, 0.2) is 0 Å². The van der Waals surface area contributed by atoms with Crippen molar-refractivity contribution in [1.29, 1.82) is 0 Å². The largest absolute Gasteiger partial charge is 0.480 e. The number of benzene rings is 1. The molecular weight excluding hydrogens is 198 g/mol. The third kappa shape index (κ3) is 1.51. The Morgan fingerprint density at radius 1 is 1.64 bits per heavy atom. The summed E-state index contributed by atoms with van der Waals surface area (Å²) in [6, 6.07) is 5.39.